The van der Waals surface area contributed by atoms with Crippen molar-refractivity contribution < 1.29 is 8.42 Å². The maximum atomic E-state index is 10.9. The zero-order chi connectivity index (χ0) is 9.90. The minimum atomic E-state index is -3.57. The van der Waals surface area contributed by atoms with Crippen LogP contribution < -0.4 is 10.5 Å². The van der Waals surface area contributed by atoms with Gasteiger partial charge in [0.05, 0.1) is 4.90 Å². The van der Waals surface area contributed by atoms with Crippen LogP contribution in [0.4, 0.5) is 0 Å². The van der Waals surface area contributed by atoms with Gasteiger partial charge >= 0.3 is 0 Å². The van der Waals surface area contributed by atoms with E-state index in [9.17, 15) is 8.42 Å². The summed E-state index contributed by atoms with van der Waals surface area (Å²) in [5.74, 6) is 0. The van der Waals surface area contributed by atoms with Gasteiger partial charge in [0, 0.05) is 6.54 Å². The molecule has 72 valence electrons. The molecule has 0 saturated carbocycles. The first kappa shape index (κ1) is 10.2. The highest BCUT2D eigenvalue weighted by molar-refractivity contribution is 7.89. The lowest BCUT2D eigenvalue weighted by atomic mass is 10.2. The Kier molecular flexibility index (Phi) is 3.02. The summed E-state index contributed by atoms with van der Waals surface area (Å²) < 4.78 is 21.9. The van der Waals surface area contributed by atoms with E-state index in [4.69, 9.17) is 5.14 Å². The van der Waals surface area contributed by atoms with E-state index in [1.165, 1.54) is 6.07 Å². The van der Waals surface area contributed by atoms with Crippen molar-refractivity contribution in [3.63, 3.8) is 0 Å². The maximum absolute atomic E-state index is 10.9. The van der Waals surface area contributed by atoms with Crippen LogP contribution in [0.1, 0.15) is 5.56 Å². The van der Waals surface area contributed by atoms with Gasteiger partial charge in [-0.25, -0.2) is 13.6 Å². The molecule has 0 bridgehead atoms. The molecule has 0 saturated heterocycles. The van der Waals surface area contributed by atoms with Gasteiger partial charge in [-0.05, 0) is 24.7 Å². The Morgan fingerprint density at radius 2 is 2.15 bits per heavy atom. The molecule has 0 fully saturated rings. The largest absolute Gasteiger partial charge is 0.316 e. The van der Waals surface area contributed by atoms with Gasteiger partial charge < -0.3 is 5.32 Å². The molecule has 1 aromatic carbocycles. The molecule has 0 aliphatic heterocycles. The number of nitrogens with one attached hydrogen (secondary N) is 1. The van der Waals surface area contributed by atoms with Crippen LogP contribution in [0.25, 0.3) is 0 Å². The van der Waals surface area contributed by atoms with Gasteiger partial charge in [0.2, 0.25) is 10.0 Å². The summed E-state index contributed by atoms with van der Waals surface area (Å²) in [7, 11) is -1.78. The first-order valence-electron chi connectivity index (χ1n) is 3.80. The van der Waals surface area contributed by atoms with E-state index in [0.29, 0.717) is 6.54 Å². The summed E-state index contributed by atoms with van der Waals surface area (Å²) in [5, 5.41) is 7.90. The third kappa shape index (κ3) is 2.80. The number of hydrogen-bond acceptors (Lipinski definition) is 3. The average molecular weight is 200 g/mol. The van der Waals surface area contributed by atoms with E-state index in [2.05, 4.69) is 5.32 Å². The Labute approximate surface area is 77.8 Å². The van der Waals surface area contributed by atoms with Crippen LogP contribution in [-0.4, -0.2) is 15.5 Å². The first-order valence-corrected chi connectivity index (χ1v) is 5.35. The number of hydrogen-bond donors (Lipinski definition) is 2. The van der Waals surface area contributed by atoms with Gasteiger partial charge in [-0.2, -0.15) is 0 Å². The molecule has 0 aromatic heterocycles. The third-order valence-corrected chi connectivity index (χ3v) is 2.52. The molecule has 1 aromatic rings. The topological polar surface area (TPSA) is 72.2 Å². The predicted octanol–water partition coefficient (Wildman–Crippen LogP) is 0.0534. The smallest absolute Gasteiger partial charge is 0.238 e. The van der Waals surface area contributed by atoms with Crippen molar-refractivity contribution in [2.24, 2.45) is 5.14 Å². The van der Waals surface area contributed by atoms with Crippen LogP contribution >= 0.6 is 0 Å². The van der Waals surface area contributed by atoms with Crippen molar-refractivity contribution in [1.29, 1.82) is 0 Å². The van der Waals surface area contributed by atoms with E-state index in [1.807, 2.05) is 6.07 Å². The number of benzene rings is 1. The summed E-state index contributed by atoms with van der Waals surface area (Å²) in [6, 6.07) is 6.55. The monoisotopic (exact) mass is 200 g/mol. The summed E-state index contributed by atoms with van der Waals surface area (Å²) in [4.78, 5) is 0.153. The zero-order valence-electron chi connectivity index (χ0n) is 7.32. The van der Waals surface area contributed by atoms with E-state index in [0.717, 1.165) is 5.56 Å². The molecule has 4 nitrogen and oxygen atoms in total. The van der Waals surface area contributed by atoms with Gasteiger partial charge in [-0.15, -0.1) is 0 Å². The minimum Gasteiger partial charge on any atom is -0.316 e. The molecule has 0 radical (unpaired) electrons. The maximum Gasteiger partial charge on any atom is 0.238 e. The molecule has 0 atom stereocenters. The predicted molar refractivity (Wildman–Crippen MR) is 50.6 cm³/mol. The average Bonchev–Trinajstić information content (AvgIpc) is 2.04. The third-order valence-electron chi connectivity index (χ3n) is 1.61. The van der Waals surface area contributed by atoms with Crippen molar-refractivity contribution in [3.05, 3.63) is 29.8 Å². The van der Waals surface area contributed by atoms with Crippen LogP contribution in [0.15, 0.2) is 29.2 Å². The number of rotatable bonds is 3. The van der Waals surface area contributed by atoms with Crippen LogP contribution in [0, 0.1) is 0 Å². The minimum absolute atomic E-state index is 0.153. The second kappa shape index (κ2) is 3.87. The normalized spacial score (nSPS) is 11.5. The van der Waals surface area contributed by atoms with Gasteiger partial charge in [-0.1, -0.05) is 12.1 Å². The van der Waals surface area contributed by atoms with Crippen molar-refractivity contribution in [1.82, 2.24) is 5.32 Å². The zero-order valence-corrected chi connectivity index (χ0v) is 8.14. The van der Waals surface area contributed by atoms with Gasteiger partial charge in [0.15, 0.2) is 0 Å². The molecule has 0 heterocycles. The Balaban J connectivity index is 3.06. The van der Waals surface area contributed by atoms with E-state index in [-0.39, 0.29) is 4.90 Å². The van der Waals surface area contributed by atoms with Crippen molar-refractivity contribution in [2.45, 2.75) is 11.4 Å². The summed E-state index contributed by atoms with van der Waals surface area (Å²) >= 11 is 0. The molecule has 3 N–H and O–H groups in total. The summed E-state index contributed by atoms with van der Waals surface area (Å²) in [6.07, 6.45) is 0. The standard InChI is InChI=1S/C8H12N2O2S/c1-10-6-7-3-2-4-8(5-7)13(9,11)12/h2-5,10H,6H2,1H3,(H2,9,11,12). The molecule has 0 aliphatic rings. The van der Waals surface area contributed by atoms with E-state index < -0.39 is 10.0 Å². The van der Waals surface area contributed by atoms with Crippen LogP contribution in [0.5, 0.6) is 0 Å². The molecule has 1 rings (SSSR count). The highest BCUT2D eigenvalue weighted by Crippen LogP contribution is 2.09. The molecule has 0 aliphatic carbocycles. The first-order chi connectivity index (χ1) is 6.04. The SMILES string of the molecule is CNCc1cccc(S(N)(=O)=O)c1. The fraction of sp³-hybridized carbons (Fsp3) is 0.250. The summed E-state index contributed by atoms with van der Waals surface area (Å²) in [5.41, 5.74) is 0.897. The van der Waals surface area contributed by atoms with Gasteiger partial charge in [0.25, 0.3) is 0 Å². The quantitative estimate of drug-likeness (QED) is 0.724. The van der Waals surface area contributed by atoms with Crippen molar-refractivity contribution >= 4 is 10.0 Å². The molecule has 0 amide bonds. The van der Waals surface area contributed by atoms with Gasteiger partial charge in [0.1, 0.15) is 0 Å². The van der Waals surface area contributed by atoms with Crippen molar-refractivity contribution in [2.75, 3.05) is 7.05 Å². The molecule has 0 unspecified atom stereocenters. The molecule has 5 heteroatoms. The van der Waals surface area contributed by atoms with E-state index >= 15 is 0 Å². The highest BCUT2D eigenvalue weighted by atomic mass is 32.2. The molecular formula is C8H12N2O2S. The second-order valence-electron chi connectivity index (χ2n) is 2.72. The lowest BCUT2D eigenvalue weighted by Gasteiger charge is -2.02. The van der Waals surface area contributed by atoms with E-state index in [1.54, 1.807) is 19.2 Å². The molecule has 13 heavy (non-hydrogen) atoms. The fourth-order valence-corrected chi connectivity index (χ4v) is 1.62. The number of primary sulfonamides is 1. The molecule has 0 spiro atoms. The van der Waals surface area contributed by atoms with Crippen LogP contribution in [0.3, 0.4) is 0 Å². The highest BCUT2D eigenvalue weighted by Gasteiger charge is 2.06. The lowest BCUT2D eigenvalue weighted by Crippen LogP contribution is -2.13. The number of nitrogens with two attached hydrogens (primary N) is 1. The van der Waals surface area contributed by atoms with Gasteiger partial charge in [-0.3, -0.25) is 0 Å². The summed E-state index contributed by atoms with van der Waals surface area (Å²) in [6.45, 7) is 0.628. The Hall–Kier alpha value is -0.910. The second-order valence-corrected chi connectivity index (χ2v) is 4.28. The molecular weight excluding hydrogens is 188 g/mol. The fourth-order valence-electron chi connectivity index (χ4n) is 1.04. The Bertz CT molecular complexity index is 387. The number of sulfonamides is 1. The Morgan fingerprint density at radius 3 is 2.69 bits per heavy atom. The Morgan fingerprint density at radius 1 is 1.46 bits per heavy atom. The van der Waals surface area contributed by atoms with Crippen LogP contribution in [0.2, 0.25) is 0 Å². The van der Waals surface area contributed by atoms with Crippen molar-refractivity contribution in [3.8, 4) is 0 Å². The lowest BCUT2D eigenvalue weighted by molar-refractivity contribution is 0.597. The van der Waals surface area contributed by atoms with Crippen LogP contribution in [-0.2, 0) is 16.6 Å².